The molecule has 1 aromatic carbocycles. The summed E-state index contributed by atoms with van der Waals surface area (Å²) in [6.07, 6.45) is 10.1. The first-order valence-corrected chi connectivity index (χ1v) is 8.47. The third-order valence-electron chi connectivity index (χ3n) is 4.13. The van der Waals surface area contributed by atoms with E-state index in [-0.39, 0.29) is 5.91 Å². The summed E-state index contributed by atoms with van der Waals surface area (Å²) >= 11 is 0. The van der Waals surface area contributed by atoms with Crippen molar-refractivity contribution in [3.63, 3.8) is 0 Å². The van der Waals surface area contributed by atoms with Crippen molar-refractivity contribution in [2.45, 2.75) is 64.7 Å². The van der Waals surface area contributed by atoms with E-state index in [0.717, 1.165) is 31.5 Å². The van der Waals surface area contributed by atoms with Crippen LogP contribution in [0.15, 0.2) is 18.2 Å². The molecular formula is C18H28N2O. The summed E-state index contributed by atoms with van der Waals surface area (Å²) in [5.41, 5.74) is 3.44. The van der Waals surface area contributed by atoms with Crippen molar-refractivity contribution in [1.29, 1.82) is 0 Å². The molecule has 21 heavy (non-hydrogen) atoms. The predicted molar refractivity (Wildman–Crippen MR) is 89.9 cm³/mol. The number of hydrogen-bond acceptors (Lipinski definition) is 2. The van der Waals surface area contributed by atoms with Crippen molar-refractivity contribution in [3.05, 3.63) is 23.8 Å². The van der Waals surface area contributed by atoms with E-state index in [0.29, 0.717) is 6.42 Å². The molecule has 0 fully saturated rings. The predicted octanol–water partition coefficient (Wildman–Crippen LogP) is 4.73. The Morgan fingerprint density at radius 1 is 1.19 bits per heavy atom. The van der Waals surface area contributed by atoms with Crippen LogP contribution in [0.2, 0.25) is 0 Å². The molecule has 0 atom stereocenters. The minimum absolute atomic E-state index is 0.157. The molecule has 0 saturated heterocycles. The van der Waals surface area contributed by atoms with Gasteiger partial charge < -0.3 is 10.6 Å². The fourth-order valence-corrected chi connectivity index (χ4v) is 2.91. The number of anilines is 2. The minimum Gasteiger partial charge on any atom is -0.385 e. The van der Waals surface area contributed by atoms with Gasteiger partial charge in [0.15, 0.2) is 0 Å². The molecule has 1 heterocycles. The van der Waals surface area contributed by atoms with Gasteiger partial charge in [-0.05, 0) is 37.0 Å². The molecule has 0 spiro atoms. The molecule has 0 saturated carbocycles. The van der Waals surface area contributed by atoms with Gasteiger partial charge in [0.1, 0.15) is 0 Å². The molecule has 0 aromatic heterocycles. The van der Waals surface area contributed by atoms with Crippen molar-refractivity contribution in [2.75, 3.05) is 17.2 Å². The molecule has 3 nitrogen and oxygen atoms in total. The summed E-state index contributed by atoms with van der Waals surface area (Å²) < 4.78 is 0. The van der Waals surface area contributed by atoms with Crippen molar-refractivity contribution in [3.8, 4) is 0 Å². The Morgan fingerprint density at radius 2 is 2.00 bits per heavy atom. The van der Waals surface area contributed by atoms with Crippen molar-refractivity contribution in [2.24, 2.45) is 0 Å². The van der Waals surface area contributed by atoms with E-state index in [1.807, 2.05) is 12.1 Å². The van der Waals surface area contributed by atoms with Crippen molar-refractivity contribution in [1.82, 2.24) is 0 Å². The van der Waals surface area contributed by atoms with Crippen LogP contribution >= 0.6 is 0 Å². The monoisotopic (exact) mass is 288 g/mol. The van der Waals surface area contributed by atoms with Crippen LogP contribution in [0.4, 0.5) is 11.4 Å². The molecule has 2 N–H and O–H groups in total. The summed E-state index contributed by atoms with van der Waals surface area (Å²) in [5, 5.41) is 6.49. The summed E-state index contributed by atoms with van der Waals surface area (Å²) in [5.74, 6) is 0.157. The molecule has 1 aliphatic rings. The number of fused-ring (bicyclic) bond motifs is 1. The number of amides is 1. The Hall–Kier alpha value is -1.51. The Kier molecular flexibility index (Phi) is 6.58. The van der Waals surface area contributed by atoms with Gasteiger partial charge in [-0.2, -0.15) is 0 Å². The molecular weight excluding hydrogens is 260 g/mol. The second kappa shape index (κ2) is 8.71. The normalized spacial score (nSPS) is 13.4. The molecule has 0 radical (unpaired) electrons. The Labute approximate surface area is 128 Å². The lowest BCUT2D eigenvalue weighted by atomic mass is 10.0. The molecule has 1 aliphatic heterocycles. The molecule has 3 heteroatoms. The van der Waals surface area contributed by atoms with Gasteiger partial charge in [0, 0.05) is 24.3 Å². The average molecular weight is 288 g/mol. The molecule has 116 valence electrons. The van der Waals surface area contributed by atoms with Crippen LogP contribution in [-0.4, -0.2) is 12.5 Å². The summed E-state index contributed by atoms with van der Waals surface area (Å²) in [6.45, 7) is 3.25. The Morgan fingerprint density at radius 3 is 2.86 bits per heavy atom. The van der Waals surface area contributed by atoms with Crippen LogP contribution in [0.25, 0.3) is 0 Å². The lowest BCUT2D eigenvalue weighted by Crippen LogP contribution is -2.17. The second-order valence-electron chi connectivity index (χ2n) is 5.93. The maximum absolute atomic E-state index is 12.1. The Bertz CT molecular complexity index is 457. The highest BCUT2D eigenvalue weighted by Crippen LogP contribution is 2.29. The van der Waals surface area contributed by atoms with E-state index in [2.05, 4.69) is 23.6 Å². The first-order valence-electron chi connectivity index (χ1n) is 8.47. The first kappa shape index (κ1) is 15.9. The van der Waals surface area contributed by atoms with Gasteiger partial charge in [0.2, 0.25) is 5.91 Å². The molecule has 2 rings (SSSR count). The fourth-order valence-electron chi connectivity index (χ4n) is 2.91. The van der Waals surface area contributed by atoms with Crippen LogP contribution in [-0.2, 0) is 11.2 Å². The number of carbonyl (C=O) groups is 1. The summed E-state index contributed by atoms with van der Waals surface area (Å²) in [4.78, 5) is 12.1. The molecule has 1 amide bonds. The van der Waals surface area contributed by atoms with Gasteiger partial charge in [0.25, 0.3) is 0 Å². The van der Waals surface area contributed by atoms with E-state index in [9.17, 15) is 4.79 Å². The molecule has 1 aromatic rings. The zero-order valence-electron chi connectivity index (χ0n) is 13.2. The second-order valence-corrected chi connectivity index (χ2v) is 5.93. The van der Waals surface area contributed by atoms with Crippen LogP contribution in [0.5, 0.6) is 0 Å². The number of nitrogens with one attached hydrogen (secondary N) is 2. The highest BCUT2D eigenvalue weighted by molar-refractivity contribution is 5.92. The zero-order chi connectivity index (χ0) is 14.9. The average Bonchev–Trinajstić information content (AvgIpc) is 2.51. The van der Waals surface area contributed by atoms with Gasteiger partial charge in [-0.15, -0.1) is 0 Å². The van der Waals surface area contributed by atoms with Crippen LogP contribution in [0, 0.1) is 0 Å². The van der Waals surface area contributed by atoms with E-state index in [1.165, 1.54) is 43.4 Å². The minimum atomic E-state index is 0.157. The number of carbonyl (C=O) groups excluding carboxylic acids is 1. The SMILES string of the molecule is CCCCCCCCC(=O)Nc1cccc2c1CCCN2. The van der Waals surface area contributed by atoms with Crippen LogP contribution in [0.3, 0.4) is 0 Å². The van der Waals surface area contributed by atoms with Gasteiger partial charge >= 0.3 is 0 Å². The maximum Gasteiger partial charge on any atom is 0.224 e. The number of benzene rings is 1. The zero-order valence-corrected chi connectivity index (χ0v) is 13.2. The third kappa shape index (κ3) is 5.07. The van der Waals surface area contributed by atoms with Crippen molar-refractivity contribution < 1.29 is 4.79 Å². The molecule has 0 bridgehead atoms. The first-order chi connectivity index (χ1) is 10.3. The van der Waals surface area contributed by atoms with E-state index in [1.54, 1.807) is 0 Å². The van der Waals surface area contributed by atoms with Gasteiger partial charge in [-0.3, -0.25) is 4.79 Å². The third-order valence-corrected chi connectivity index (χ3v) is 4.13. The number of unbranched alkanes of at least 4 members (excludes halogenated alkanes) is 5. The lowest BCUT2D eigenvalue weighted by Gasteiger charge is -2.21. The number of rotatable bonds is 8. The molecule has 0 unspecified atom stereocenters. The topological polar surface area (TPSA) is 41.1 Å². The number of hydrogen-bond donors (Lipinski definition) is 2. The van der Waals surface area contributed by atoms with Crippen LogP contribution in [0.1, 0.15) is 63.9 Å². The quantitative estimate of drug-likeness (QED) is 0.679. The standard InChI is InChI=1S/C18H28N2O/c1-2-3-4-5-6-7-13-18(21)20-17-12-8-11-16-15(17)10-9-14-19-16/h8,11-12,19H,2-7,9-10,13-14H2,1H3,(H,20,21). The summed E-state index contributed by atoms with van der Waals surface area (Å²) in [6, 6.07) is 6.13. The maximum atomic E-state index is 12.1. The van der Waals surface area contributed by atoms with Gasteiger partial charge in [-0.1, -0.05) is 45.1 Å². The Balaban J connectivity index is 1.75. The van der Waals surface area contributed by atoms with Gasteiger partial charge in [0.05, 0.1) is 0 Å². The van der Waals surface area contributed by atoms with E-state index < -0.39 is 0 Å². The van der Waals surface area contributed by atoms with E-state index >= 15 is 0 Å². The van der Waals surface area contributed by atoms with Gasteiger partial charge in [-0.25, -0.2) is 0 Å². The smallest absolute Gasteiger partial charge is 0.224 e. The highest BCUT2D eigenvalue weighted by atomic mass is 16.1. The fraction of sp³-hybridized carbons (Fsp3) is 0.611. The van der Waals surface area contributed by atoms with E-state index in [4.69, 9.17) is 0 Å². The molecule has 0 aliphatic carbocycles. The highest BCUT2D eigenvalue weighted by Gasteiger charge is 2.13. The lowest BCUT2D eigenvalue weighted by molar-refractivity contribution is -0.116. The largest absolute Gasteiger partial charge is 0.385 e. The van der Waals surface area contributed by atoms with Crippen molar-refractivity contribution >= 4 is 17.3 Å². The van der Waals surface area contributed by atoms with Crippen LogP contribution < -0.4 is 10.6 Å². The summed E-state index contributed by atoms with van der Waals surface area (Å²) in [7, 11) is 0.